The van der Waals surface area contributed by atoms with Gasteiger partial charge in [-0.1, -0.05) is 23.2 Å². The van der Waals surface area contributed by atoms with E-state index in [1.165, 1.54) is 0 Å². The van der Waals surface area contributed by atoms with Crippen LogP contribution in [0.1, 0.15) is 0 Å². The van der Waals surface area contributed by atoms with Gasteiger partial charge in [-0.25, -0.2) is 8.78 Å². The molecule has 0 aliphatic rings. The SMILES string of the molecule is Oc1c(F)cc(F)c(Cl)c1Cl. The molecule has 1 rings (SSSR count). The van der Waals surface area contributed by atoms with Crippen LogP contribution < -0.4 is 0 Å². The highest BCUT2D eigenvalue weighted by Gasteiger charge is 2.14. The first kappa shape index (κ1) is 8.56. The Kier molecular flexibility index (Phi) is 2.20. The highest BCUT2D eigenvalue weighted by molar-refractivity contribution is 6.43. The number of rotatable bonds is 0. The van der Waals surface area contributed by atoms with Gasteiger partial charge in [0.15, 0.2) is 11.6 Å². The topological polar surface area (TPSA) is 20.2 Å². The molecule has 1 aromatic rings. The Labute approximate surface area is 71.2 Å². The van der Waals surface area contributed by atoms with Crippen molar-refractivity contribution in [1.82, 2.24) is 0 Å². The largest absolute Gasteiger partial charge is 0.504 e. The van der Waals surface area contributed by atoms with E-state index >= 15 is 0 Å². The van der Waals surface area contributed by atoms with E-state index in [0.717, 1.165) is 0 Å². The molecule has 0 bridgehead atoms. The van der Waals surface area contributed by atoms with Gasteiger partial charge in [0.1, 0.15) is 10.8 Å². The van der Waals surface area contributed by atoms with Crippen molar-refractivity contribution in [1.29, 1.82) is 0 Å². The van der Waals surface area contributed by atoms with Gasteiger partial charge in [-0.3, -0.25) is 0 Å². The fourth-order valence-electron chi connectivity index (χ4n) is 0.557. The molecule has 1 N–H and O–H groups in total. The van der Waals surface area contributed by atoms with E-state index in [2.05, 4.69) is 0 Å². The van der Waals surface area contributed by atoms with Crippen LogP contribution in [0.25, 0.3) is 0 Å². The van der Waals surface area contributed by atoms with Crippen LogP contribution in [0, 0.1) is 11.6 Å². The molecule has 0 saturated heterocycles. The van der Waals surface area contributed by atoms with Gasteiger partial charge < -0.3 is 5.11 Å². The number of phenolic OH excluding ortho intramolecular Hbond substituents is 1. The fourth-order valence-corrected chi connectivity index (χ4v) is 0.881. The zero-order valence-corrected chi connectivity index (χ0v) is 6.55. The molecule has 11 heavy (non-hydrogen) atoms. The lowest BCUT2D eigenvalue weighted by atomic mass is 10.3. The molecule has 60 valence electrons. The Hall–Kier alpha value is -0.540. The van der Waals surface area contributed by atoms with Crippen LogP contribution in [-0.4, -0.2) is 5.11 Å². The summed E-state index contributed by atoms with van der Waals surface area (Å²) in [5.41, 5.74) is 0. The summed E-state index contributed by atoms with van der Waals surface area (Å²) in [6.07, 6.45) is 0. The molecule has 0 aromatic heterocycles. The molecular formula is C6H2Cl2F2O. The summed E-state index contributed by atoms with van der Waals surface area (Å²) < 4.78 is 24.8. The molecule has 0 saturated carbocycles. The van der Waals surface area contributed by atoms with E-state index in [-0.39, 0.29) is 0 Å². The molecule has 0 atom stereocenters. The smallest absolute Gasteiger partial charge is 0.172 e. The van der Waals surface area contributed by atoms with Crippen molar-refractivity contribution in [2.24, 2.45) is 0 Å². The minimum atomic E-state index is -1.13. The van der Waals surface area contributed by atoms with Crippen LogP contribution in [0.3, 0.4) is 0 Å². The Balaban J connectivity index is 3.46. The highest BCUT2D eigenvalue weighted by atomic mass is 35.5. The monoisotopic (exact) mass is 198 g/mol. The summed E-state index contributed by atoms with van der Waals surface area (Å²) in [6.45, 7) is 0. The zero-order chi connectivity index (χ0) is 8.59. The molecule has 0 radical (unpaired) electrons. The molecule has 0 fully saturated rings. The molecule has 1 aromatic carbocycles. The van der Waals surface area contributed by atoms with Gasteiger partial charge in [0.25, 0.3) is 0 Å². The summed E-state index contributed by atoms with van der Waals surface area (Å²) in [7, 11) is 0. The van der Waals surface area contributed by atoms with E-state index in [4.69, 9.17) is 28.3 Å². The lowest BCUT2D eigenvalue weighted by Gasteiger charge is -2.00. The zero-order valence-electron chi connectivity index (χ0n) is 5.04. The average Bonchev–Trinajstić information content (AvgIpc) is 1.97. The second-order valence-corrected chi connectivity index (χ2v) is 2.57. The van der Waals surface area contributed by atoms with Gasteiger partial charge in [0, 0.05) is 6.07 Å². The quantitative estimate of drug-likeness (QED) is 0.502. The first-order valence-corrected chi connectivity index (χ1v) is 3.31. The minimum Gasteiger partial charge on any atom is -0.504 e. The maximum atomic E-state index is 12.5. The maximum absolute atomic E-state index is 12.5. The van der Waals surface area contributed by atoms with Gasteiger partial charge >= 0.3 is 0 Å². The minimum absolute atomic E-state index is 0.462. The average molecular weight is 199 g/mol. The Morgan fingerprint density at radius 2 is 1.64 bits per heavy atom. The summed E-state index contributed by atoms with van der Waals surface area (Å²) in [4.78, 5) is 0. The molecule has 0 aliphatic heterocycles. The Bertz CT molecular complexity index is 275. The fraction of sp³-hybridized carbons (Fsp3) is 0. The highest BCUT2D eigenvalue weighted by Crippen LogP contribution is 2.34. The standard InChI is InChI=1S/C6H2Cl2F2O/c7-4-2(9)1-3(10)6(11)5(4)8/h1,11H. The first-order valence-electron chi connectivity index (χ1n) is 2.56. The van der Waals surface area contributed by atoms with Crippen LogP contribution in [0.15, 0.2) is 6.07 Å². The van der Waals surface area contributed by atoms with Crippen LogP contribution >= 0.6 is 23.2 Å². The molecule has 0 unspecified atom stereocenters. The predicted molar refractivity (Wildman–Crippen MR) is 38.0 cm³/mol. The third kappa shape index (κ3) is 1.39. The third-order valence-electron chi connectivity index (χ3n) is 1.09. The normalized spacial score (nSPS) is 10.2. The van der Waals surface area contributed by atoms with Crippen molar-refractivity contribution in [2.45, 2.75) is 0 Å². The molecule has 0 aliphatic carbocycles. The van der Waals surface area contributed by atoms with E-state index in [1.807, 2.05) is 0 Å². The van der Waals surface area contributed by atoms with E-state index in [0.29, 0.717) is 6.07 Å². The van der Waals surface area contributed by atoms with Crippen molar-refractivity contribution >= 4 is 23.2 Å². The van der Waals surface area contributed by atoms with Crippen molar-refractivity contribution in [3.63, 3.8) is 0 Å². The van der Waals surface area contributed by atoms with Gasteiger partial charge in [-0.05, 0) is 0 Å². The van der Waals surface area contributed by atoms with Gasteiger partial charge in [-0.15, -0.1) is 0 Å². The van der Waals surface area contributed by atoms with Gasteiger partial charge in [0.05, 0.1) is 5.02 Å². The molecule has 0 spiro atoms. The van der Waals surface area contributed by atoms with Crippen molar-refractivity contribution in [2.75, 3.05) is 0 Å². The van der Waals surface area contributed by atoms with E-state index in [9.17, 15) is 8.78 Å². The molecule has 0 amide bonds. The number of hydrogen-bond donors (Lipinski definition) is 1. The number of aromatic hydroxyl groups is 1. The van der Waals surface area contributed by atoms with Crippen molar-refractivity contribution < 1.29 is 13.9 Å². The number of halogens is 4. The van der Waals surface area contributed by atoms with Crippen LogP contribution in [-0.2, 0) is 0 Å². The maximum Gasteiger partial charge on any atom is 0.172 e. The Morgan fingerprint density at radius 3 is 2.18 bits per heavy atom. The third-order valence-corrected chi connectivity index (χ3v) is 1.92. The van der Waals surface area contributed by atoms with Crippen molar-refractivity contribution in [3.8, 4) is 5.75 Å². The summed E-state index contributed by atoms with van der Waals surface area (Å²) in [5.74, 6) is -2.96. The van der Waals surface area contributed by atoms with Gasteiger partial charge in [0.2, 0.25) is 0 Å². The van der Waals surface area contributed by atoms with Gasteiger partial charge in [-0.2, -0.15) is 0 Å². The molecule has 1 nitrogen and oxygen atoms in total. The number of phenols is 1. The predicted octanol–water partition coefficient (Wildman–Crippen LogP) is 2.98. The summed E-state index contributed by atoms with van der Waals surface area (Å²) in [6, 6.07) is 0.462. The summed E-state index contributed by atoms with van der Waals surface area (Å²) >= 11 is 10.4. The number of hydrogen-bond acceptors (Lipinski definition) is 1. The van der Waals surface area contributed by atoms with Crippen LogP contribution in [0.5, 0.6) is 5.75 Å². The summed E-state index contributed by atoms with van der Waals surface area (Å²) in [5, 5.41) is 7.76. The lowest BCUT2D eigenvalue weighted by molar-refractivity contribution is 0.428. The lowest BCUT2D eigenvalue weighted by Crippen LogP contribution is -1.84. The number of benzene rings is 1. The second kappa shape index (κ2) is 2.83. The van der Waals surface area contributed by atoms with E-state index < -0.39 is 27.4 Å². The molecule has 0 heterocycles. The van der Waals surface area contributed by atoms with Crippen LogP contribution in [0.4, 0.5) is 8.78 Å². The second-order valence-electron chi connectivity index (χ2n) is 1.82. The van der Waals surface area contributed by atoms with Crippen LogP contribution in [0.2, 0.25) is 10.0 Å². The Morgan fingerprint density at radius 1 is 1.09 bits per heavy atom. The molecular weight excluding hydrogens is 197 g/mol. The molecule has 5 heteroatoms. The van der Waals surface area contributed by atoms with E-state index in [1.54, 1.807) is 0 Å². The first-order chi connectivity index (χ1) is 5.04. The van der Waals surface area contributed by atoms with Crippen molar-refractivity contribution in [3.05, 3.63) is 27.7 Å².